The fourth-order valence-electron chi connectivity index (χ4n) is 3.42. The molecule has 0 atom stereocenters. The number of nitrogens with one attached hydrogen (secondary N) is 1. The van der Waals surface area contributed by atoms with Gasteiger partial charge in [0.25, 0.3) is 5.91 Å². The Morgan fingerprint density at radius 1 is 0.967 bits per heavy atom. The zero-order valence-electron chi connectivity index (χ0n) is 17.5. The second-order valence-electron chi connectivity index (χ2n) is 7.76. The van der Waals surface area contributed by atoms with Crippen LogP contribution in [0, 0.1) is 12.8 Å². The van der Waals surface area contributed by atoms with Gasteiger partial charge in [-0.25, -0.2) is 8.42 Å². The molecule has 1 saturated heterocycles. The summed E-state index contributed by atoms with van der Waals surface area (Å²) in [5.74, 6) is -0.485. The predicted octanol–water partition coefficient (Wildman–Crippen LogP) is 2.74. The molecule has 1 aliphatic rings. The minimum atomic E-state index is -3.54. The van der Waals surface area contributed by atoms with Crippen molar-refractivity contribution in [2.75, 3.05) is 32.5 Å². The fourth-order valence-corrected chi connectivity index (χ4v) is 4.89. The molecule has 30 heavy (non-hydrogen) atoms. The minimum absolute atomic E-state index is 0.102. The van der Waals surface area contributed by atoms with E-state index in [9.17, 15) is 18.0 Å². The Morgan fingerprint density at radius 2 is 1.53 bits per heavy atom. The molecule has 0 unspecified atom stereocenters. The van der Waals surface area contributed by atoms with Crippen LogP contribution in [0.25, 0.3) is 0 Å². The van der Waals surface area contributed by atoms with E-state index in [1.807, 2.05) is 6.92 Å². The lowest BCUT2D eigenvalue weighted by atomic mass is 9.97. The summed E-state index contributed by atoms with van der Waals surface area (Å²) >= 11 is 0. The number of piperidine rings is 1. The number of aryl methyl sites for hydroxylation is 1. The lowest BCUT2D eigenvalue weighted by molar-refractivity contribution is -0.120. The van der Waals surface area contributed by atoms with Gasteiger partial charge in [0.2, 0.25) is 15.9 Å². The van der Waals surface area contributed by atoms with Gasteiger partial charge >= 0.3 is 0 Å². The number of carbonyl (C=O) groups is 2. The van der Waals surface area contributed by atoms with Crippen LogP contribution in [0.4, 0.5) is 5.69 Å². The minimum Gasteiger partial charge on any atom is -0.345 e. The molecule has 3 rings (SSSR count). The van der Waals surface area contributed by atoms with Crippen molar-refractivity contribution in [2.24, 2.45) is 5.92 Å². The van der Waals surface area contributed by atoms with E-state index in [2.05, 4.69) is 5.32 Å². The molecule has 0 radical (unpaired) electrons. The Labute approximate surface area is 177 Å². The van der Waals surface area contributed by atoms with E-state index in [0.29, 0.717) is 37.2 Å². The maximum atomic E-state index is 12.8. The van der Waals surface area contributed by atoms with E-state index in [4.69, 9.17) is 0 Å². The quantitative estimate of drug-likeness (QED) is 0.792. The van der Waals surface area contributed by atoms with E-state index in [0.717, 1.165) is 5.56 Å². The number of nitrogens with zero attached hydrogens (tertiary/aromatic N) is 2. The van der Waals surface area contributed by atoms with Gasteiger partial charge in [-0.2, -0.15) is 4.31 Å². The Kier molecular flexibility index (Phi) is 6.58. The summed E-state index contributed by atoms with van der Waals surface area (Å²) in [6, 6.07) is 13.6. The van der Waals surface area contributed by atoms with Crippen molar-refractivity contribution in [3.8, 4) is 0 Å². The summed E-state index contributed by atoms with van der Waals surface area (Å²) in [6.07, 6.45) is 0.933. The normalized spacial score (nSPS) is 15.6. The van der Waals surface area contributed by atoms with E-state index >= 15 is 0 Å². The molecule has 1 N–H and O–H groups in total. The second-order valence-corrected chi connectivity index (χ2v) is 9.70. The third-order valence-electron chi connectivity index (χ3n) is 5.29. The maximum Gasteiger partial charge on any atom is 0.253 e. The monoisotopic (exact) mass is 429 g/mol. The highest BCUT2D eigenvalue weighted by atomic mass is 32.2. The molecule has 2 aromatic rings. The van der Waals surface area contributed by atoms with Crippen molar-refractivity contribution >= 4 is 27.5 Å². The molecule has 1 heterocycles. The van der Waals surface area contributed by atoms with Crippen LogP contribution in [0.3, 0.4) is 0 Å². The summed E-state index contributed by atoms with van der Waals surface area (Å²) in [5, 5.41) is 2.87. The number of amides is 2. The van der Waals surface area contributed by atoms with Crippen LogP contribution in [-0.2, 0) is 14.8 Å². The van der Waals surface area contributed by atoms with Gasteiger partial charge in [0.05, 0.1) is 4.90 Å². The van der Waals surface area contributed by atoms with Crippen molar-refractivity contribution in [1.29, 1.82) is 0 Å². The summed E-state index contributed by atoms with van der Waals surface area (Å²) in [5.41, 5.74) is 2.17. The predicted molar refractivity (Wildman–Crippen MR) is 116 cm³/mol. The number of hydrogen-bond donors (Lipinski definition) is 1. The van der Waals surface area contributed by atoms with Crippen molar-refractivity contribution in [1.82, 2.24) is 9.21 Å². The van der Waals surface area contributed by atoms with Crippen LogP contribution in [0.5, 0.6) is 0 Å². The molecule has 0 aromatic heterocycles. The van der Waals surface area contributed by atoms with Crippen molar-refractivity contribution in [3.63, 3.8) is 0 Å². The van der Waals surface area contributed by atoms with E-state index < -0.39 is 10.0 Å². The lowest BCUT2D eigenvalue weighted by Crippen LogP contribution is -2.41. The van der Waals surface area contributed by atoms with Crippen LogP contribution in [0.15, 0.2) is 53.4 Å². The van der Waals surface area contributed by atoms with Gasteiger partial charge in [0.1, 0.15) is 0 Å². The number of benzene rings is 2. The highest BCUT2D eigenvalue weighted by Crippen LogP contribution is 2.25. The molecule has 160 valence electrons. The summed E-state index contributed by atoms with van der Waals surface area (Å²) in [7, 11) is -0.173. The van der Waals surface area contributed by atoms with Crippen LogP contribution in [0.2, 0.25) is 0 Å². The average molecular weight is 430 g/mol. The highest BCUT2D eigenvalue weighted by Gasteiger charge is 2.32. The molecule has 0 aliphatic carbocycles. The van der Waals surface area contributed by atoms with Gasteiger partial charge in [0, 0.05) is 44.4 Å². The van der Waals surface area contributed by atoms with Crippen LogP contribution >= 0.6 is 0 Å². The van der Waals surface area contributed by atoms with E-state index in [-0.39, 0.29) is 22.6 Å². The van der Waals surface area contributed by atoms with Crippen molar-refractivity contribution in [2.45, 2.75) is 24.7 Å². The smallest absolute Gasteiger partial charge is 0.253 e. The lowest BCUT2D eigenvalue weighted by Gasteiger charge is -2.30. The molecule has 0 spiro atoms. The van der Waals surface area contributed by atoms with E-state index in [1.165, 1.54) is 9.21 Å². The molecular formula is C22H27N3O4S. The number of carbonyl (C=O) groups excluding carboxylic acids is 2. The molecule has 0 saturated carbocycles. The van der Waals surface area contributed by atoms with Gasteiger partial charge in [-0.1, -0.05) is 17.7 Å². The first kappa shape index (κ1) is 22.0. The SMILES string of the molecule is Cc1ccc(S(=O)(=O)N2CCC(C(=O)Nc3ccc(C(=O)N(C)C)cc3)CC2)cc1. The second kappa shape index (κ2) is 8.97. The van der Waals surface area contributed by atoms with Crippen molar-refractivity contribution < 1.29 is 18.0 Å². The summed E-state index contributed by atoms with van der Waals surface area (Å²) < 4.78 is 27.0. The Morgan fingerprint density at radius 3 is 2.07 bits per heavy atom. The van der Waals surface area contributed by atoms with E-state index in [1.54, 1.807) is 62.6 Å². The fraction of sp³-hybridized carbons (Fsp3) is 0.364. The molecule has 8 heteroatoms. The zero-order chi connectivity index (χ0) is 21.9. The maximum absolute atomic E-state index is 12.8. The molecule has 1 aliphatic heterocycles. The Hall–Kier alpha value is -2.71. The van der Waals surface area contributed by atoms with Crippen LogP contribution in [0.1, 0.15) is 28.8 Å². The number of hydrogen-bond acceptors (Lipinski definition) is 4. The third kappa shape index (κ3) is 4.88. The number of sulfonamides is 1. The molecule has 7 nitrogen and oxygen atoms in total. The molecule has 0 bridgehead atoms. The first-order chi connectivity index (χ1) is 14.2. The highest BCUT2D eigenvalue weighted by molar-refractivity contribution is 7.89. The topological polar surface area (TPSA) is 86.8 Å². The van der Waals surface area contributed by atoms with Gasteiger partial charge in [-0.3, -0.25) is 9.59 Å². The van der Waals surface area contributed by atoms with Gasteiger partial charge in [-0.15, -0.1) is 0 Å². The molecular weight excluding hydrogens is 402 g/mol. The average Bonchev–Trinajstić information content (AvgIpc) is 2.74. The van der Waals surface area contributed by atoms with Crippen LogP contribution in [-0.4, -0.2) is 56.6 Å². The van der Waals surface area contributed by atoms with Gasteiger partial charge in [0.15, 0.2) is 0 Å². The summed E-state index contributed by atoms with van der Waals surface area (Å²) in [6.45, 7) is 2.53. The largest absolute Gasteiger partial charge is 0.345 e. The zero-order valence-corrected chi connectivity index (χ0v) is 18.3. The first-order valence-electron chi connectivity index (χ1n) is 9.88. The standard InChI is InChI=1S/C22H27N3O4S/c1-16-4-10-20(11-5-16)30(28,29)25-14-12-17(13-15-25)21(26)23-19-8-6-18(7-9-19)22(27)24(2)3/h4-11,17H,12-15H2,1-3H3,(H,23,26). The Balaban J connectivity index is 1.57. The number of rotatable bonds is 5. The molecule has 2 amide bonds. The van der Waals surface area contributed by atoms with Gasteiger partial charge in [-0.05, 0) is 56.2 Å². The molecule has 1 fully saturated rings. The van der Waals surface area contributed by atoms with Crippen LogP contribution < -0.4 is 5.32 Å². The summed E-state index contributed by atoms with van der Waals surface area (Å²) in [4.78, 5) is 26.3. The first-order valence-corrected chi connectivity index (χ1v) is 11.3. The number of anilines is 1. The Bertz CT molecular complexity index is 1010. The molecule has 2 aromatic carbocycles. The van der Waals surface area contributed by atoms with Gasteiger partial charge < -0.3 is 10.2 Å². The van der Waals surface area contributed by atoms with Crippen molar-refractivity contribution in [3.05, 3.63) is 59.7 Å². The third-order valence-corrected chi connectivity index (χ3v) is 7.20.